The first-order chi connectivity index (χ1) is 9.83. The van der Waals surface area contributed by atoms with Crippen molar-refractivity contribution in [2.24, 2.45) is 0 Å². The number of hydrogen-bond donors (Lipinski definition) is 3. The molecule has 0 radical (unpaired) electrons. The lowest BCUT2D eigenvalue weighted by Crippen LogP contribution is -2.09. The predicted octanol–water partition coefficient (Wildman–Crippen LogP) is 2.75. The standard InChI is InChI=1S/C15H26N4O/c1-2-8-16-13-11-14(17-9-4-3-5-10-20)19-15(18-13)12-6-7-12/h11-12,20H,2-10H2,1H3,(H2,16,17,18,19). The van der Waals surface area contributed by atoms with Crippen molar-refractivity contribution in [2.45, 2.75) is 51.4 Å². The molecule has 0 amide bonds. The van der Waals surface area contributed by atoms with Gasteiger partial charge in [0.1, 0.15) is 17.5 Å². The van der Waals surface area contributed by atoms with Gasteiger partial charge in [0.05, 0.1) is 0 Å². The number of rotatable bonds is 10. The van der Waals surface area contributed by atoms with Crippen LogP contribution in [0, 0.1) is 0 Å². The van der Waals surface area contributed by atoms with E-state index < -0.39 is 0 Å². The third-order valence-corrected chi connectivity index (χ3v) is 3.38. The van der Waals surface area contributed by atoms with Crippen LogP contribution in [0.4, 0.5) is 11.6 Å². The van der Waals surface area contributed by atoms with Crippen LogP contribution >= 0.6 is 0 Å². The Bertz CT molecular complexity index is 407. The van der Waals surface area contributed by atoms with Crippen LogP contribution in [-0.4, -0.2) is 34.8 Å². The van der Waals surface area contributed by atoms with Crippen LogP contribution in [0.15, 0.2) is 6.07 Å². The molecule has 0 aliphatic heterocycles. The highest BCUT2D eigenvalue weighted by Gasteiger charge is 2.27. The Balaban J connectivity index is 1.90. The smallest absolute Gasteiger partial charge is 0.136 e. The van der Waals surface area contributed by atoms with E-state index in [4.69, 9.17) is 5.11 Å². The van der Waals surface area contributed by atoms with Crippen LogP contribution < -0.4 is 10.6 Å². The summed E-state index contributed by atoms with van der Waals surface area (Å²) in [4.78, 5) is 9.21. The summed E-state index contributed by atoms with van der Waals surface area (Å²) in [6, 6.07) is 1.99. The van der Waals surface area contributed by atoms with Gasteiger partial charge >= 0.3 is 0 Å². The maximum Gasteiger partial charge on any atom is 0.136 e. The number of unbranched alkanes of at least 4 members (excludes halogenated alkanes) is 2. The highest BCUT2D eigenvalue weighted by atomic mass is 16.2. The molecular weight excluding hydrogens is 252 g/mol. The van der Waals surface area contributed by atoms with E-state index >= 15 is 0 Å². The van der Waals surface area contributed by atoms with Crippen LogP contribution in [0.5, 0.6) is 0 Å². The quantitative estimate of drug-likeness (QED) is 0.574. The minimum atomic E-state index is 0.282. The zero-order valence-electron chi connectivity index (χ0n) is 12.4. The van der Waals surface area contributed by atoms with Gasteiger partial charge in [0.2, 0.25) is 0 Å². The summed E-state index contributed by atoms with van der Waals surface area (Å²) in [7, 11) is 0. The second kappa shape index (κ2) is 8.04. The molecule has 0 aromatic carbocycles. The maximum absolute atomic E-state index is 8.76. The van der Waals surface area contributed by atoms with Crippen molar-refractivity contribution >= 4 is 11.6 Å². The molecule has 0 unspecified atom stereocenters. The molecule has 1 aliphatic carbocycles. The van der Waals surface area contributed by atoms with Crippen LogP contribution in [0.3, 0.4) is 0 Å². The molecule has 1 aromatic heterocycles. The molecule has 0 spiro atoms. The molecule has 1 aromatic rings. The SMILES string of the molecule is CCCNc1cc(NCCCCCO)nc(C2CC2)n1. The van der Waals surface area contributed by atoms with Crippen LogP contribution in [-0.2, 0) is 0 Å². The summed E-state index contributed by atoms with van der Waals surface area (Å²) in [5.41, 5.74) is 0. The van der Waals surface area contributed by atoms with Crippen molar-refractivity contribution in [1.82, 2.24) is 9.97 Å². The van der Waals surface area contributed by atoms with Crippen molar-refractivity contribution in [3.05, 3.63) is 11.9 Å². The third-order valence-electron chi connectivity index (χ3n) is 3.38. The summed E-state index contributed by atoms with van der Waals surface area (Å²) < 4.78 is 0. The fourth-order valence-electron chi connectivity index (χ4n) is 2.05. The molecule has 2 rings (SSSR count). The first-order valence-electron chi connectivity index (χ1n) is 7.81. The number of aliphatic hydroxyl groups is 1. The average molecular weight is 278 g/mol. The molecule has 1 saturated carbocycles. The lowest BCUT2D eigenvalue weighted by atomic mass is 10.2. The number of anilines is 2. The van der Waals surface area contributed by atoms with E-state index in [1.807, 2.05) is 6.07 Å². The molecule has 3 N–H and O–H groups in total. The fraction of sp³-hybridized carbons (Fsp3) is 0.733. The molecule has 0 atom stereocenters. The van der Waals surface area contributed by atoms with Gasteiger partial charge in [-0.1, -0.05) is 6.92 Å². The third kappa shape index (κ3) is 4.96. The van der Waals surface area contributed by atoms with E-state index in [-0.39, 0.29) is 6.61 Å². The predicted molar refractivity (Wildman–Crippen MR) is 82.2 cm³/mol. The van der Waals surface area contributed by atoms with E-state index in [1.54, 1.807) is 0 Å². The van der Waals surface area contributed by atoms with Gasteiger partial charge in [-0.15, -0.1) is 0 Å². The lowest BCUT2D eigenvalue weighted by molar-refractivity contribution is 0.283. The molecule has 1 fully saturated rings. The molecule has 0 saturated heterocycles. The Morgan fingerprint density at radius 3 is 2.40 bits per heavy atom. The topological polar surface area (TPSA) is 70.1 Å². The molecule has 20 heavy (non-hydrogen) atoms. The highest BCUT2D eigenvalue weighted by molar-refractivity contribution is 5.48. The van der Waals surface area contributed by atoms with Crippen molar-refractivity contribution in [2.75, 3.05) is 30.3 Å². The number of nitrogens with zero attached hydrogens (tertiary/aromatic N) is 2. The molecule has 5 heteroatoms. The van der Waals surface area contributed by atoms with Gasteiger partial charge < -0.3 is 15.7 Å². The monoisotopic (exact) mass is 278 g/mol. The number of hydrogen-bond acceptors (Lipinski definition) is 5. The van der Waals surface area contributed by atoms with Crippen molar-refractivity contribution in [3.63, 3.8) is 0 Å². The Labute approximate surface area is 121 Å². The fourth-order valence-corrected chi connectivity index (χ4v) is 2.05. The van der Waals surface area contributed by atoms with Crippen LogP contribution in [0.1, 0.15) is 57.2 Å². The normalized spacial score (nSPS) is 14.3. The summed E-state index contributed by atoms with van der Waals surface area (Å²) in [6.07, 6.45) is 6.50. The molecule has 5 nitrogen and oxygen atoms in total. The minimum Gasteiger partial charge on any atom is -0.396 e. The van der Waals surface area contributed by atoms with Crippen LogP contribution in [0.2, 0.25) is 0 Å². The molecule has 1 aliphatic rings. The second-order valence-electron chi connectivity index (χ2n) is 5.41. The second-order valence-corrected chi connectivity index (χ2v) is 5.41. The average Bonchev–Trinajstić information content (AvgIpc) is 3.29. The Morgan fingerprint density at radius 2 is 1.80 bits per heavy atom. The summed E-state index contributed by atoms with van der Waals surface area (Å²) >= 11 is 0. The van der Waals surface area contributed by atoms with Gasteiger partial charge in [-0.3, -0.25) is 0 Å². The van der Waals surface area contributed by atoms with E-state index in [9.17, 15) is 0 Å². The van der Waals surface area contributed by atoms with E-state index in [2.05, 4.69) is 27.5 Å². The van der Waals surface area contributed by atoms with Gasteiger partial charge in [0.15, 0.2) is 0 Å². The van der Waals surface area contributed by atoms with E-state index in [0.717, 1.165) is 56.2 Å². The van der Waals surface area contributed by atoms with Crippen molar-refractivity contribution in [1.29, 1.82) is 0 Å². The van der Waals surface area contributed by atoms with E-state index in [1.165, 1.54) is 12.8 Å². The molecule has 112 valence electrons. The van der Waals surface area contributed by atoms with Gasteiger partial charge in [-0.25, -0.2) is 9.97 Å². The number of aromatic nitrogens is 2. The van der Waals surface area contributed by atoms with Gasteiger partial charge in [-0.2, -0.15) is 0 Å². The maximum atomic E-state index is 8.76. The highest BCUT2D eigenvalue weighted by Crippen LogP contribution is 2.38. The summed E-state index contributed by atoms with van der Waals surface area (Å²) in [6.45, 7) is 4.27. The van der Waals surface area contributed by atoms with Gasteiger partial charge in [0.25, 0.3) is 0 Å². The first kappa shape index (κ1) is 15.0. The number of aliphatic hydroxyl groups excluding tert-OH is 1. The summed E-state index contributed by atoms with van der Waals surface area (Å²) in [5.74, 6) is 3.39. The Hall–Kier alpha value is -1.36. The molecular formula is C15H26N4O. The lowest BCUT2D eigenvalue weighted by Gasteiger charge is -2.10. The zero-order chi connectivity index (χ0) is 14.2. The molecule has 1 heterocycles. The Morgan fingerprint density at radius 1 is 1.10 bits per heavy atom. The van der Waals surface area contributed by atoms with Crippen molar-refractivity contribution < 1.29 is 5.11 Å². The van der Waals surface area contributed by atoms with E-state index in [0.29, 0.717) is 5.92 Å². The minimum absolute atomic E-state index is 0.282. The summed E-state index contributed by atoms with van der Waals surface area (Å²) in [5, 5.41) is 15.5. The van der Waals surface area contributed by atoms with Gasteiger partial charge in [0, 0.05) is 31.7 Å². The largest absolute Gasteiger partial charge is 0.396 e. The zero-order valence-corrected chi connectivity index (χ0v) is 12.4. The van der Waals surface area contributed by atoms with Crippen molar-refractivity contribution in [3.8, 4) is 0 Å². The molecule has 0 bridgehead atoms. The van der Waals surface area contributed by atoms with Gasteiger partial charge in [-0.05, 0) is 38.5 Å². The first-order valence-corrected chi connectivity index (χ1v) is 7.81. The van der Waals surface area contributed by atoms with Crippen LogP contribution in [0.25, 0.3) is 0 Å². The number of nitrogens with one attached hydrogen (secondary N) is 2. The Kier molecular flexibility index (Phi) is 6.05.